The topological polar surface area (TPSA) is 44.9 Å². The number of rotatable bonds is 2. The standard InChI is InChI=1S/C13H20N4/c1-9(2)11-5-6-17(8-11)13-12(7-14)10(3)15-16(13)4/h9,11H,5-6,8H2,1-4H3. The van der Waals surface area contributed by atoms with Crippen molar-refractivity contribution >= 4 is 5.82 Å². The molecule has 0 radical (unpaired) electrons. The third-order valence-corrected chi connectivity index (χ3v) is 3.77. The van der Waals surface area contributed by atoms with Gasteiger partial charge in [0.2, 0.25) is 0 Å². The molecule has 1 aromatic heterocycles. The van der Waals surface area contributed by atoms with Gasteiger partial charge in [-0.25, -0.2) is 0 Å². The summed E-state index contributed by atoms with van der Waals surface area (Å²) in [5.74, 6) is 2.43. The molecular weight excluding hydrogens is 212 g/mol. The predicted molar refractivity (Wildman–Crippen MR) is 67.8 cm³/mol. The van der Waals surface area contributed by atoms with E-state index in [1.165, 1.54) is 6.42 Å². The molecule has 0 bridgehead atoms. The number of hydrogen-bond donors (Lipinski definition) is 0. The molecule has 1 unspecified atom stereocenters. The monoisotopic (exact) mass is 232 g/mol. The first-order chi connectivity index (χ1) is 8.04. The Kier molecular flexibility index (Phi) is 3.10. The Hall–Kier alpha value is -1.50. The fourth-order valence-electron chi connectivity index (χ4n) is 2.66. The van der Waals surface area contributed by atoms with Crippen molar-refractivity contribution in [3.05, 3.63) is 11.3 Å². The highest BCUT2D eigenvalue weighted by Crippen LogP contribution is 2.30. The molecule has 0 aromatic carbocycles. The van der Waals surface area contributed by atoms with E-state index in [2.05, 4.69) is 29.9 Å². The molecule has 0 aliphatic carbocycles. The third kappa shape index (κ3) is 2.02. The lowest BCUT2D eigenvalue weighted by Crippen LogP contribution is -2.24. The van der Waals surface area contributed by atoms with Crippen LogP contribution in [0.3, 0.4) is 0 Å². The van der Waals surface area contributed by atoms with Gasteiger partial charge >= 0.3 is 0 Å². The van der Waals surface area contributed by atoms with Crippen molar-refractivity contribution in [2.45, 2.75) is 27.2 Å². The van der Waals surface area contributed by atoms with E-state index in [1.807, 2.05) is 18.7 Å². The number of nitrogens with zero attached hydrogens (tertiary/aromatic N) is 4. The van der Waals surface area contributed by atoms with Crippen molar-refractivity contribution in [1.82, 2.24) is 9.78 Å². The molecule has 0 spiro atoms. The third-order valence-electron chi connectivity index (χ3n) is 3.77. The molecule has 1 atom stereocenters. The number of anilines is 1. The van der Waals surface area contributed by atoms with Crippen molar-refractivity contribution in [3.8, 4) is 6.07 Å². The molecule has 0 N–H and O–H groups in total. The molecule has 92 valence electrons. The molecule has 1 fully saturated rings. The van der Waals surface area contributed by atoms with Crippen LogP contribution in [0.1, 0.15) is 31.5 Å². The molecule has 1 aromatic rings. The molecule has 4 nitrogen and oxygen atoms in total. The lowest BCUT2D eigenvalue weighted by atomic mass is 9.95. The molecule has 2 rings (SSSR count). The average Bonchev–Trinajstić information content (AvgIpc) is 2.82. The van der Waals surface area contributed by atoms with Crippen LogP contribution in [0, 0.1) is 30.1 Å². The molecule has 1 saturated heterocycles. The van der Waals surface area contributed by atoms with Gasteiger partial charge in [0.15, 0.2) is 0 Å². The van der Waals surface area contributed by atoms with E-state index in [0.29, 0.717) is 5.92 Å². The molecule has 1 aliphatic heterocycles. The van der Waals surface area contributed by atoms with Crippen LogP contribution in [-0.2, 0) is 7.05 Å². The van der Waals surface area contributed by atoms with Gasteiger partial charge in [0, 0.05) is 20.1 Å². The summed E-state index contributed by atoms with van der Waals surface area (Å²) in [7, 11) is 1.92. The zero-order chi connectivity index (χ0) is 12.6. The second kappa shape index (κ2) is 4.40. The van der Waals surface area contributed by atoms with Gasteiger partial charge in [0.25, 0.3) is 0 Å². The van der Waals surface area contributed by atoms with Gasteiger partial charge in [-0.1, -0.05) is 13.8 Å². The smallest absolute Gasteiger partial charge is 0.144 e. The van der Waals surface area contributed by atoms with Gasteiger partial charge in [0.1, 0.15) is 17.5 Å². The fraction of sp³-hybridized carbons (Fsp3) is 0.692. The summed E-state index contributed by atoms with van der Waals surface area (Å²) in [4.78, 5) is 2.31. The number of hydrogen-bond acceptors (Lipinski definition) is 3. The minimum Gasteiger partial charge on any atom is -0.355 e. The van der Waals surface area contributed by atoms with E-state index in [-0.39, 0.29) is 0 Å². The second-order valence-corrected chi connectivity index (χ2v) is 5.26. The molecule has 2 heterocycles. The zero-order valence-electron chi connectivity index (χ0n) is 11.1. The summed E-state index contributed by atoms with van der Waals surface area (Å²) in [6, 6.07) is 2.28. The van der Waals surface area contributed by atoms with Crippen molar-refractivity contribution < 1.29 is 0 Å². The van der Waals surface area contributed by atoms with Crippen LogP contribution in [0.4, 0.5) is 5.82 Å². The number of nitriles is 1. The highest BCUT2D eigenvalue weighted by Gasteiger charge is 2.29. The quantitative estimate of drug-likeness (QED) is 0.784. The van der Waals surface area contributed by atoms with E-state index in [4.69, 9.17) is 0 Å². The maximum Gasteiger partial charge on any atom is 0.144 e. The van der Waals surface area contributed by atoms with Gasteiger partial charge in [-0.15, -0.1) is 0 Å². The first-order valence-corrected chi connectivity index (χ1v) is 6.23. The first kappa shape index (κ1) is 12.0. The molecular formula is C13H20N4. The summed E-state index contributed by atoms with van der Waals surface area (Å²) < 4.78 is 1.84. The number of aromatic nitrogens is 2. The summed E-state index contributed by atoms with van der Waals surface area (Å²) in [6.07, 6.45) is 1.22. The summed E-state index contributed by atoms with van der Waals surface area (Å²) in [5.41, 5.74) is 1.56. The SMILES string of the molecule is Cc1nn(C)c(N2CCC(C(C)C)C2)c1C#N. The molecule has 4 heteroatoms. The van der Waals surface area contributed by atoms with Gasteiger partial charge in [-0.2, -0.15) is 10.4 Å². The maximum atomic E-state index is 9.22. The minimum absolute atomic E-state index is 0.708. The van der Waals surface area contributed by atoms with Gasteiger partial charge in [-0.05, 0) is 25.2 Å². The fourth-order valence-corrected chi connectivity index (χ4v) is 2.66. The van der Waals surface area contributed by atoms with E-state index >= 15 is 0 Å². The Balaban J connectivity index is 2.28. The molecule has 0 saturated carbocycles. The van der Waals surface area contributed by atoms with Crippen LogP contribution in [0.15, 0.2) is 0 Å². The highest BCUT2D eigenvalue weighted by atomic mass is 15.4. The van der Waals surface area contributed by atoms with Crippen LogP contribution in [0.2, 0.25) is 0 Å². The van der Waals surface area contributed by atoms with Crippen molar-refractivity contribution in [2.24, 2.45) is 18.9 Å². The van der Waals surface area contributed by atoms with Crippen LogP contribution in [-0.4, -0.2) is 22.9 Å². The van der Waals surface area contributed by atoms with Crippen LogP contribution in [0.25, 0.3) is 0 Å². The lowest BCUT2D eigenvalue weighted by Gasteiger charge is -2.20. The van der Waals surface area contributed by atoms with E-state index in [9.17, 15) is 5.26 Å². The Labute approximate surface area is 103 Å². The zero-order valence-corrected chi connectivity index (χ0v) is 11.1. The Morgan fingerprint density at radius 3 is 2.71 bits per heavy atom. The molecule has 1 aliphatic rings. The highest BCUT2D eigenvalue weighted by molar-refractivity contribution is 5.57. The normalized spacial score (nSPS) is 20.0. The maximum absolute atomic E-state index is 9.22. The van der Waals surface area contributed by atoms with Crippen LogP contribution >= 0.6 is 0 Å². The summed E-state index contributed by atoms with van der Waals surface area (Å²) >= 11 is 0. The first-order valence-electron chi connectivity index (χ1n) is 6.23. The van der Waals surface area contributed by atoms with E-state index < -0.39 is 0 Å². The predicted octanol–water partition coefficient (Wildman–Crippen LogP) is 2.08. The summed E-state index contributed by atoms with van der Waals surface area (Å²) in [5, 5.41) is 13.6. The second-order valence-electron chi connectivity index (χ2n) is 5.26. The van der Waals surface area contributed by atoms with Crippen LogP contribution < -0.4 is 4.90 Å². The van der Waals surface area contributed by atoms with Crippen molar-refractivity contribution in [2.75, 3.05) is 18.0 Å². The Morgan fingerprint density at radius 2 is 2.18 bits per heavy atom. The average molecular weight is 232 g/mol. The lowest BCUT2D eigenvalue weighted by molar-refractivity contribution is 0.422. The Morgan fingerprint density at radius 1 is 1.47 bits per heavy atom. The minimum atomic E-state index is 0.708. The van der Waals surface area contributed by atoms with Gasteiger partial charge < -0.3 is 4.90 Å². The van der Waals surface area contributed by atoms with Gasteiger partial charge in [0.05, 0.1) is 5.69 Å². The Bertz CT molecular complexity index is 453. The van der Waals surface area contributed by atoms with Crippen molar-refractivity contribution in [3.63, 3.8) is 0 Å². The largest absolute Gasteiger partial charge is 0.355 e. The number of aryl methyl sites for hydroxylation is 2. The summed E-state index contributed by atoms with van der Waals surface area (Å²) in [6.45, 7) is 8.53. The molecule has 0 amide bonds. The van der Waals surface area contributed by atoms with Gasteiger partial charge in [-0.3, -0.25) is 4.68 Å². The van der Waals surface area contributed by atoms with Crippen LogP contribution in [0.5, 0.6) is 0 Å². The van der Waals surface area contributed by atoms with E-state index in [0.717, 1.165) is 36.1 Å². The molecule has 17 heavy (non-hydrogen) atoms. The van der Waals surface area contributed by atoms with E-state index in [1.54, 1.807) is 0 Å². The van der Waals surface area contributed by atoms with Crippen molar-refractivity contribution in [1.29, 1.82) is 5.26 Å².